The molecule has 0 aliphatic heterocycles. The van der Waals surface area contributed by atoms with E-state index in [1.807, 2.05) is 17.5 Å². The van der Waals surface area contributed by atoms with Gasteiger partial charge in [-0.05, 0) is 35.1 Å². The smallest absolute Gasteiger partial charge is 0.407 e. The summed E-state index contributed by atoms with van der Waals surface area (Å²) < 4.78 is 0. The summed E-state index contributed by atoms with van der Waals surface area (Å²) in [5.74, 6) is 0.780. The Morgan fingerprint density at radius 1 is 1.21 bits per heavy atom. The highest BCUT2D eigenvalue weighted by Gasteiger charge is 2.17. The van der Waals surface area contributed by atoms with Crippen molar-refractivity contribution in [3.05, 3.63) is 33.6 Å². The molecule has 1 aromatic heterocycles. The molecule has 0 unspecified atom stereocenters. The zero-order valence-electron chi connectivity index (χ0n) is 14.7. The molecule has 0 spiro atoms. The van der Waals surface area contributed by atoms with Crippen molar-refractivity contribution in [2.75, 3.05) is 7.05 Å². The first-order valence-electron chi connectivity index (χ1n) is 7.96. The van der Waals surface area contributed by atoms with Gasteiger partial charge in [-0.25, -0.2) is 9.78 Å². The van der Waals surface area contributed by atoms with Gasteiger partial charge in [0.1, 0.15) is 10.8 Å². The van der Waals surface area contributed by atoms with E-state index >= 15 is 0 Å². The molecule has 2 N–H and O–H groups in total. The maximum Gasteiger partial charge on any atom is 0.407 e. The third kappa shape index (κ3) is 3.87. The quantitative estimate of drug-likeness (QED) is 0.808. The lowest BCUT2D eigenvalue weighted by Crippen LogP contribution is -2.23. The number of aromatic hydroxyl groups is 1. The fraction of sp³-hybridized carbons (Fsp3) is 0.444. The number of aromatic nitrogens is 1. The molecule has 0 saturated heterocycles. The number of amides is 1. The molecule has 130 valence electrons. The van der Waals surface area contributed by atoms with Gasteiger partial charge in [0.15, 0.2) is 0 Å². The van der Waals surface area contributed by atoms with E-state index in [0.29, 0.717) is 5.75 Å². The first kappa shape index (κ1) is 18.3. The number of carboxylic acid groups (broad SMARTS) is 1. The van der Waals surface area contributed by atoms with Crippen molar-refractivity contribution in [1.82, 2.24) is 9.88 Å². The molecular weight excluding hydrogens is 324 g/mol. The Kier molecular flexibility index (Phi) is 5.49. The molecule has 5 nitrogen and oxygen atoms in total. The first-order valence-corrected chi connectivity index (χ1v) is 8.84. The Labute approximate surface area is 146 Å². The number of rotatable bonds is 5. The Hall–Kier alpha value is -2.08. The van der Waals surface area contributed by atoms with E-state index in [0.717, 1.165) is 27.4 Å². The van der Waals surface area contributed by atoms with E-state index in [1.165, 1.54) is 23.3 Å². The SMILES string of the molecule is CC(C)c1cc(-c2csc(CN(C)C(=O)O)n2)cc(C(C)C)c1O. The summed E-state index contributed by atoms with van der Waals surface area (Å²) in [5, 5.41) is 22.2. The number of carbonyl (C=O) groups is 1. The van der Waals surface area contributed by atoms with Gasteiger partial charge in [0.05, 0.1) is 12.2 Å². The molecule has 2 aromatic rings. The highest BCUT2D eigenvalue weighted by molar-refractivity contribution is 7.09. The molecule has 0 bridgehead atoms. The van der Waals surface area contributed by atoms with Gasteiger partial charge in [-0.1, -0.05) is 27.7 Å². The zero-order chi connectivity index (χ0) is 18.0. The summed E-state index contributed by atoms with van der Waals surface area (Å²) in [7, 11) is 1.53. The number of phenolic OH excluding ortho intramolecular Hbond substituents is 1. The van der Waals surface area contributed by atoms with Crippen LogP contribution in [0.5, 0.6) is 5.75 Å². The molecule has 0 saturated carbocycles. The van der Waals surface area contributed by atoms with Gasteiger partial charge in [-0.2, -0.15) is 0 Å². The van der Waals surface area contributed by atoms with Gasteiger partial charge >= 0.3 is 6.09 Å². The van der Waals surface area contributed by atoms with Crippen molar-refractivity contribution in [3.63, 3.8) is 0 Å². The molecule has 1 amide bonds. The molecule has 1 heterocycles. The van der Waals surface area contributed by atoms with Gasteiger partial charge in [-0.15, -0.1) is 11.3 Å². The first-order chi connectivity index (χ1) is 11.2. The van der Waals surface area contributed by atoms with Gasteiger partial charge in [0.25, 0.3) is 0 Å². The van der Waals surface area contributed by atoms with Crippen LogP contribution in [0.25, 0.3) is 11.3 Å². The van der Waals surface area contributed by atoms with Crippen molar-refractivity contribution in [2.45, 2.75) is 46.1 Å². The van der Waals surface area contributed by atoms with Crippen LogP contribution >= 0.6 is 11.3 Å². The molecule has 0 fully saturated rings. The van der Waals surface area contributed by atoms with E-state index in [4.69, 9.17) is 5.11 Å². The second-order valence-corrected chi connectivity index (χ2v) is 7.52. The van der Waals surface area contributed by atoms with Crippen molar-refractivity contribution in [1.29, 1.82) is 0 Å². The number of phenols is 1. The summed E-state index contributed by atoms with van der Waals surface area (Å²) >= 11 is 1.44. The molecule has 24 heavy (non-hydrogen) atoms. The topological polar surface area (TPSA) is 73.7 Å². The van der Waals surface area contributed by atoms with Crippen LogP contribution in [0.15, 0.2) is 17.5 Å². The highest BCUT2D eigenvalue weighted by atomic mass is 32.1. The van der Waals surface area contributed by atoms with Gasteiger partial charge < -0.3 is 15.1 Å². The molecule has 0 atom stereocenters. The van der Waals surface area contributed by atoms with Crippen molar-refractivity contribution in [3.8, 4) is 17.0 Å². The second kappa shape index (κ2) is 7.21. The summed E-state index contributed by atoms with van der Waals surface area (Å²) in [6.07, 6.45) is -0.972. The average molecular weight is 348 g/mol. The Bertz CT molecular complexity index is 709. The third-order valence-corrected chi connectivity index (χ3v) is 4.79. The van der Waals surface area contributed by atoms with Crippen LogP contribution in [0.3, 0.4) is 0 Å². The lowest BCUT2D eigenvalue weighted by atomic mass is 9.91. The van der Waals surface area contributed by atoms with Crippen molar-refractivity contribution in [2.24, 2.45) is 0 Å². The number of thiazole rings is 1. The number of hydrogen-bond donors (Lipinski definition) is 2. The lowest BCUT2D eigenvalue weighted by molar-refractivity contribution is 0.153. The minimum atomic E-state index is -0.972. The van der Waals surface area contributed by atoms with Crippen molar-refractivity contribution < 1.29 is 15.0 Å². The normalized spacial score (nSPS) is 11.3. The maximum absolute atomic E-state index is 10.9. The van der Waals surface area contributed by atoms with Crippen LogP contribution in [0.1, 0.15) is 55.7 Å². The molecule has 2 rings (SSSR count). The maximum atomic E-state index is 10.9. The second-order valence-electron chi connectivity index (χ2n) is 6.58. The molecule has 6 heteroatoms. The largest absolute Gasteiger partial charge is 0.507 e. The fourth-order valence-corrected chi connectivity index (χ4v) is 3.35. The minimum Gasteiger partial charge on any atom is -0.507 e. The van der Waals surface area contributed by atoms with E-state index < -0.39 is 6.09 Å². The number of hydrogen-bond acceptors (Lipinski definition) is 4. The summed E-state index contributed by atoms with van der Waals surface area (Å²) in [5.41, 5.74) is 3.60. The highest BCUT2D eigenvalue weighted by Crippen LogP contribution is 2.38. The van der Waals surface area contributed by atoms with Crippen LogP contribution in [0, 0.1) is 0 Å². The molecule has 1 aromatic carbocycles. The summed E-state index contributed by atoms with van der Waals surface area (Å²) in [4.78, 5) is 16.7. The standard InChI is InChI=1S/C18H24N2O3S/c1-10(2)13-6-12(7-14(11(3)4)17(13)21)15-9-24-16(19-15)8-20(5)18(22)23/h6-7,9-11,21H,8H2,1-5H3,(H,22,23). The minimum absolute atomic E-state index is 0.207. The third-order valence-electron chi connectivity index (χ3n) is 3.96. The van der Waals surface area contributed by atoms with Crippen LogP contribution in [-0.4, -0.2) is 33.2 Å². The van der Waals surface area contributed by atoms with Gasteiger partial charge in [0.2, 0.25) is 0 Å². The van der Waals surface area contributed by atoms with E-state index in [-0.39, 0.29) is 18.4 Å². The summed E-state index contributed by atoms with van der Waals surface area (Å²) in [6.45, 7) is 8.48. The van der Waals surface area contributed by atoms with Gasteiger partial charge in [0, 0.05) is 18.0 Å². The zero-order valence-corrected chi connectivity index (χ0v) is 15.5. The molecular formula is C18H24N2O3S. The molecule has 0 radical (unpaired) electrons. The number of benzene rings is 1. The van der Waals surface area contributed by atoms with Crippen molar-refractivity contribution >= 4 is 17.4 Å². The van der Waals surface area contributed by atoms with Crippen LogP contribution in [-0.2, 0) is 6.54 Å². The monoisotopic (exact) mass is 348 g/mol. The fourth-order valence-electron chi connectivity index (χ4n) is 2.49. The molecule has 0 aliphatic rings. The van der Waals surface area contributed by atoms with Crippen LogP contribution in [0.4, 0.5) is 4.79 Å². The number of nitrogens with zero attached hydrogens (tertiary/aromatic N) is 2. The molecule has 0 aliphatic carbocycles. The summed E-state index contributed by atoms with van der Waals surface area (Å²) in [6, 6.07) is 3.96. The Morgan fingerprint density at radius 2 is 1.75 bits per heavy atom. The van der Waals surface area contributed by atoms with Crippen LogP contribution in [0.2, 0.25) is 0 Å². The van der Waals surface area contributed by atoms with E-state index in [1.54, 1.807) is 0 Å². The average Bonchev–Trinajstić information content (AvgIpc) is 2.95. The van der Waals surface area contributed by atoms with E-state index in [9.17, 15) is 9.90 Å². The van der Waals surface area contributed by atoms with Crippen LogP contribution < -0.4 is 0 Å². The Morgan fingerprint density at radius 3 is 2.21 bits per heavy atom. The predicted octanol–water partition coefficient (Wildman–Crippen LogP) is 4.87. The van der Waals surface area contributed by atoms with E-state index in [2.05, 4.69) is 32.7 Å². The van der Waals surface area contributed by atoms with Gasteiger partial charge in [-0.3, -0.25) is 0 Å². The lowest BCUT2D eigenvalue weighted by Gasteiger charge is -2.17. The predicted molar refractivity (Wildman–Crippen MR) is 96.9 cm³/mol. The Balaban J connectivity index is 2.42.